The molecular weight excluding hydrogens is 258 g/mol. The Hall–Kier alpha value is -1.85. The van der Waals surface area contributed by atoms with Gasteiger partial charge < -0.3 is 14.7 Å². The van der Waals surface area contributed by atoms with Crippen LogP contribution in [0.25, 0.3) is 0 Å². The lowest BCUT2D eigenvalue weighted by Crippen LogP contribution is -2.48. The van der Waals surface area contributed by atoms with Crippen LogP contribution in [-0.4, -0.2) is 34.5 Å². The Balaban J connectivity index is 2.75. The number of rotatable bonds is 5. The van der Waals surface area contributed by atoms with Crippen molar-refractivity contribution in [3.63, 3.8) is 0 Å². The number of nitrogens with one attached hydrogen (secondary N) is 1. The number of hydrogen-bond donors (Lipinski definition) is 1. The van der Waals surface area contributed by atoms with Gasteiger partial charge in [-0.15, -0.1) is 0 Å². The summed E-state index contributed by atoms with van der Waals surface area (Å²) in [5.74, 6) is 0.0289. The van der Waals surface area contributed by atoms with Gasteiger partial charge in [0.2, 0.25) is 11.8 Å². The van der Waals surface area contributed by atoms with Crippen molar-refractivity contribution in [2.75, 3.05) is 11.9 Å². The lowest BCUT2D eigenvalue weighted by atomic mass is 9.93. The summed E-state index contributed by atoms with van der Waals surface area (Å²) in [6.07, 6.45) is 2.17. The van der Waals surface area contributed by atoms with Crippen molar-refractivity contribution in [2.24, 2.45) is 5.41 Å². The molecule has 0 saturated carbocycles. The van der Waals surface area contributed by atoms with Crippen LogP contribution in [0.4, 0.5) is 5.82 Å². The normalized spacial score (nSPS) is 12.8. The van der Waals surface area contributed by atoms with Crippen LogP contribution in [0, 0.1) is 5.41 Å². The van der Waals surface area contributed by atoms with Gasteiger partial charge in [0, 0.05) is 17.5 Å². The number of carbonyl (C=O) groups excluding carboxylic acids is 2. The third kappa shape index (κ3) is 4.36. The quantitative estimate of drug-likeness (QED) is 0.898. The predicted molar refractivity (Wildman–Crippen MR) is 76.1 cm³/mol. The molecule has 1 rings (SSSR count). The van der Waals surface area contributed by atoms with Gasteiger partial charge >= 0.3 is 0 Å². The van der Waals surface area contributed by atoms with E-state index in [1.807, 2.05) is 34.6 Å². The number of amides is 2. The zero-order chi connectivity index (χ0) is 15.3. The van der Waals surface area contributed by atoms with Gasteiger partial charge in [-0.3, -0.25) is 9.59 Å². The summed E-state index contributed by atoms with van der Waals surface area (Å²) in [5, 5.41) is 6.21. The first-order valence-electron chi connectivity index (χ1n) is 6.77. The molecule has 0 aliphatic rings. The van der Waals surface area contributed by atoms with E-state index in [2.05, 4.69) is 15.0 Å². The molecule has 0 spiro atoms. The maximum atomic E-state index is 12.4. The second-order valence-corrected chi connectivity index (χ2v) is 5.87. The molecule has 1 aromatic rings. The molecule has 20 heavy (non-hydrogen) atoms. The van der Waals surface area contributed by atoms with Crippen LogP contribution in [0.15, 0.2) is 16.9 Å². The Morgan fingerprint density at radius 2 is 2.10 bits per heavy atom. The van der Waals surface area contributed by atoms with Crippen molar-refractivity contribution in [1.82, 2.24) is 10.1 Å². The lowest BCUT2D eigenvalue weighted by Gasteiger charge is -2.33. The molecule has 0 radical (unpaired) electrons. The van der Waals surface area contributed by atoms with Crippen LogP contribution in [0.5, 0.6) is 0 Å². The van der Waals surface area contributed by atoms with E-state index in [0.29, 0.717) is 5.82 Å². The smallest absolute Gasteiger partial charge is 0.245 e. The van der Waals surface area contributed by atoms with Gasteiger partial charge in [0.25, 0.3) is 0 Å². The monoisotopic (exact) mass is 281 g/mol. The summed E-state index contributed by atoms with van der Waals surface area (Å²) in [5.41, 5.74) is -0.516. The molecule has 0 aromatic carbocycles. The molecule has 0 aliphatic heterocycles. The fraction of sp³-hybridized carbons (Fsp3) is 0.643. The van der Waals surface area contributed by atoms with Gasteiger partial charge in [-0.1, -0.05) is 32.9 Å². The molecule has 6 heteroatoms. The van der Waals surface area contributed by atoms with E-state index in [4.69, 9.17) is 0 Å². The molecule has 1 atom stereocenters. The second-order valence-electron chi connectivity index (χ2n) is 5.87. The molecule has 1 aromatic heterocycles. The first-order valence-corrected chi connectivity index (χ1v) is 6.77. The minimum absolute atomic E-state index is 0.00443. The highest BCUT2D eigenvalue weighted by Crippen LogP contribution is 2.20. The summed E-state index contributed by atoms with van der Waals surface area (Å²) in [6, 6.07) is 1.56. The number of nitrogens with zero attached hydrogens (tertiary/aromatic N) is 2. The number of carbonyl (C=O) groups is 2. The van der Waals surface area contributed by atoms with Gasteiger partial charge in [-0.2, -0.15) is 0 Å². The van der Waals surface area contributed by atoms with Gasteiger partial charge in [-0.05, 0) is 13.3 Å². The highest BCUT2D eigenvalue weighted by atomic mass is 16.5. The number of aromatic nitrogens is 1. The Kier molecular flexibility index (Phi) is 5.30. The van der Waals surface area contributed by atoms with E-state index in [-0.39, 0.29) is 24.4 Å². The lowest BCUT2D eigenvalue weighted by molar-refractivity contribution is -0.144. The molecule has 2 amide bonds. The first kappa shape index (κ1) is 16.2. The van der Waals surface area contributed by atoms with E-state index in [9.17, 15) is 9.59 Å². The van der Waals surface area contributed by atoms with Crippen molar-refractivity contribution in [1.29, 1.82) is 0 Å². The summed E-state index contributed by atoms with van der Waals surface area (Å²) < 4.78 is 4.65. The number of hydrogen-bond acceptors (Lipinski definition) is 4. The fourth-order valence-corrected chi connectivity index (χ4v) is 1.69. The molecule has 0 aliphatic carbocycles. The average Bonchev–Trinajstić information content (AvgIpc) is 2.85. The SMILES string of the molecule is CCC(C)N(CC(=O)Nc1ccon1)C(=O)C(C)(C)C. The topological polar surface area (TPSA) is 75.4 Å². The standard InChI is InChI=1S/C14H23N3O3/c1-6-10(2)17(13(19)14(3,4)5)9-12(18)15-11-7-8-20-16-11/h7-8,10H,6,9H2,1-5H3,(H,15,16,18). The summed E-state index contributed by atoms with van der Waals surface area (Å²) in [4.78, 5) is 26.0. The Labute approximate surface area is 119 Å². The van der Waals surface area contributed by atoms with Gasteiger partial charge in [-0.25, -0.2) is 0 Å². The van der Waals surface area contributed by atoms with Crippen LogP contribution in [0.2, 0.25) is 0 Å². The van der Waals surface area contributed by atoms with Crippen LogP contribution < -0.4 is 5.32 Å². The van der Waals surface area contributed by atoms with Crippen LogP contribution in [-0.2, 0) is 9.59 Å². The third-order valence-corrected chi connectivity index (χ3v) is 3.04. The minimum Gasteiger partial charge on any atom is -0.363 e. The molecule has 0 saturated heterocycles. The van der Waals surface area contributed by atoms with Crippen LogP contribution in [0.3, 0.4) is 0 Å². The van der Waals surface area contributed by atoms with Crippen molar-refractivity contribution in [3.8, 4) is 0 Å². The first-order chi connectivity index (χ1) is 9.25. The second kappa shape index (κ2) is 6.54. The zero-order valence-electron chi connectivity index (χ0n) is 12.8. The third-order valence-electron chi connectivity index (χ3n) is 3.04. The molecule has 1 N–H and O–H groups in total. The Morgan fingerprint density at radius 3 is 2.55 bits per heavy atom. The summed E-state index contributed by atoms with van der Waals surface area (Å²) >= 11 is 0. The van der Waals surface area contributed by atoms with Crippen LogP contribution in [0.1, 0.15) is 41.0 Å². The zero-order valence-corrected chi connectivity index (χ0v) is 12.8. The van der Waals surface area contributed by atoms with E-state index >= 15 is 0 Å². The molecule has 0 fully saturated rings. The summed E-state index contributed by atoms with van der Waals surface area (Å²) in [7, 11) is 0. The highest BCUT2D eigenvalue weighted by Gasteiger charge is 2.31. The largest absolute Gasteiger partial charge is 0.363 e. The van der Waals surface area contributed by atoms with E-state index < -0.39 is 5.41 Å². The van der Waals surface area contributed by atoms with Crippen molar-refractivity contribution >= 4 is 17.6 Å². The van der Waals surface area contributed by atoms with E-state index in [1.54, 1.807) is 11.0 Å². The van der Waals surface area contributed by atoms with E-state index in [1.165, 1.54) is 6.26 Å². The molecule has 112 valence electrons. The molecule has 1 heterocycles. The molecule has 1 unspecified atom stereocenters. The molecule has 6 nitrogen and oxygen atoms in total. The molecular formula is C14H23N3O3. The van der Waals surface area contributed by atoms with Crippen molar-refractivity contribution < 1.29 is 14.1 Å². The Morgan fingerprint density at radius 1 is 1.45 bits per heavy atom. The van der Waals surface area contributed by atoms with Gasteiger partial charge in [0.05, 0.1) is 0 Å². The minimum atomic E-state index is -0.516. The van der Waals surface area contributed by atoms with Gasteiger partial charge in [0.1, 0.15) is 12.8 Å². The summed E-state index contributed by atoms with van der Waals surface area (Å²) in [6.45, 7) is 9.48. The average molecular weight is 281 g/mol. The number of anilines is 1. The maximum Gasteiger partial charge on any atom is 0.245 e. The highest BCUT2D eigenvalue weighted by molar-refractivity contribution is 5.94. The Bertz CT molecular complexity index is 449. The molecule has 0 bridgehead atoms. The van der Waals surface area contributed by atoms with E-state index in [0.717, 1.165) is 6.42 Å². The van der Waals surface area contributed by atoms with Crippen LogP contribution >= 0.6 is 0 Å². The van der Waals surface area contributed by atoms with Crippen molar-refractivity contribution in [3.05, 3.63) is 12.3 Å². The van der Waals surface area contributed by atoms with Crippen molar-refractivity contribution in [2.45, 2.75) is 47.1 Å². The van der Waals surface area contributed by atoms with Gasteiger partial charge in [0.15, 0.2) is 5.82 Å². The fourth-order valence-electron chi connectivity index (χ4n) is 1.69. The maximum absolute atomic E-state index is 12.4. The predicted octanol–water partition coefficient (Wildman–Crippen LogP) is 2.29.